The van der Waals surface area contributed by atoms with Gasteiger partial charge in [0, 0.05) is 17.6 Å². The zero-order valence-electron chi connectivity index (χ0n) is 11.8. The Bertz CT molecular complexity index is 448. The maximum atomic E-state index is 12.3. The first-order valence-electron chi connectivity index (χ1n) is 6.69. The Morgan fingerprint density at radius 3 is 2.74 bits per heavy atom. The molecule has 2 unspecified atom stereocenters. The number of rotatable bonds is 2. The summed E-state index contributed by atoms with van der Waals surface area (Å²) in [6.45, 7) is 7.22. The van der Waals surface area contributed by atoms with Crippen LogP contribution in [0.1, 0.15) is 41.3 Å². The lowest BCUT2D eigenvalue weighted by Gasteiger charge is -2.30. The van der Waals surface area contributed by atoms with Crippen molar-refractivity contribution in [3.63, 3.8) is 0 Å². The van der Waals surface area contributed by atoms with E-state index in [0.717, 1.165) is 30.5 Å². The minimum absolute atomic E-state index is 0. The number of hydrogen-bond acceptors (Lipinski definition) is 2. The summed E-state index contributed by atoms with van der Waals surface area (Å²) in [4.78, 5) is 12.3. The molecular formula is C15H23ClN2O. The predicted molar refractivity (Wildman–Crippen MR) is 81.1 cm³/mol. The summed E-state index contributed by atoms with van der Waals surface area (Å²) in [5.41, 5.74) is 3.03. The standard InChI is InChI=1S/C15H22N2O.ClH/c1-10-6-7-13(11(2)9-10)15(18)17-14-5-4-8-16-12(14)3;/h6-7,9,12,14,16H,4-5,8H2,1-3H3,(H,17,18);1H. The second-order valence-corrected chi connectivity index (χ2v) is 5.28. The second-order valence-electron chi connectivity index (χ2n) is 5.28. The number of amides is 1. The molecular weight excluding hydrogens is 260 g/mol. The van der Waals surface area contributed by atoms with Crippen LogP contribution in [0.4, 0.5) is 0 Å². The highest BCUT2D eigenvalue weighted by Crippen LogP contribution is 2.13. The highest BCUT2D eigenvalue weighted by atomic mass is 35.5. The van der Waals surface area contributed by atoms with E-state index in [0.29, 0.717) is 6.04 Å². The Hall–Kier alpha value is -1.06. The third-order valence-corrected chi connectivity index (χ3v) is 3.70. The van der Waals surface area contributed by atoms with Gasteiger partial charge in [0.25, 0.3) is 5.91 Å². The molecule has 0 bridgehead atoms. The molecule has 1 aliphatic heterocycles. The van der Waals surface area contributed by atoms with Crippen LogP contribution in [0, 0.1) is 13.8 Å². The van der Waals surface area contributed by atoms with E-state index in [1.807, 2.05) is 26.0 Å². The fraction of sp³-hybridized carbons (Fsp3) is 0.533. The zero-order valence-corrected chi connectivity index (χ0v) is 12.6. The molecule has 3 nitrogen and oxygen atoms in total. The molecule has 1 fully saturated rings. The summed E-state index contributed by atoms with van der Waals surface area (Å²) in [5, 5.41) is 6.54. The van der Waals surface area contributed by atoms with Crippen LogP contribution >= 0.6 is 12.4 Å². The topological polar surface area (TPSA) is 41.1 Å². The van der Waals surface area contributed by atoms with Gasteiger partial charge in [0.15, 0.2) is 0 Å². The van der Waals surface area contributed by atoms with Gasteiger partial charge < -0.3 is 10.6 Å². The summed E-state index contributed by atoms with van der Waals surface area (Å²) in [5.74, 6) is 0.0491. The predicted octanol–water partition coefficient (Wildman–Crippen LogP) is 2.60. The number of hydrogen-bond donors (Lipinski definition) is 2. The maximum Gasteiger partial charge on any atom is 0.251 e. The van der Waals surface area contributed by atoms with Gasteiger partial charge in [-0.1, -0.05) is 17.7 Å². The first kappa shape index (κ1) is 16.0. The van der Waals surface area contributed by atoms with E-state index >= 15 is 0 Å². The Kier molecular flexibility index (Phi) is 5.83. The van der Waals surface area contributed by atoms with Crippen LogP contribution in [0.2, 0.25) is 0 Å². The smallest absolute Gasteiger partial charge is 0.251 e. The number of carbonyl (C=O) groups excluding carboxylic acids is 1. The number of benzene rings is 1. The van der Waals surface area contributed by atoms with Gasteiger partial charge in [0.1, 0.15) is 0 Å². The number of halogens is 1. The SMILES string of the molecule is Cc1ccc(C(=O)NC2CCCNC2C)c(C)c1.Cl. The van der Waals surface area contributed by atoms with Crippen LogP contribution < -0.4 is 10.6 Å². The Morgan fingerprint density at radius 1 is 1.37 bits per heavy atom. The molecule has 1 aliphatic rings. The molecule has 1 aromatic carbocycles. The van der Waals surface area contributed by atoms with Gasteiger partial charge in [-0.2, -0.15) is 0 Å². The van der Waals surface area contributed by atoms with Gasteiger partial charge in [-0.3, -0.25) is 4.79 Å². The van der Waals surface area contributed by atoms with Gasteiger partial charge in [0.05, 0.1) is 0 Å². The van der Waals surface area contributed by atoms with Crippen molar-refractivity contribution in [3.8, 4) is 0 Å². The average molecular weight is 283 g/mol. The van der Waals surface area contributed by atoms with Gasteiger partial charge in [-0.25, -0.2) is 0 Å². The molecule has 2 atom stereocenters. The molecule has 1 saturated heterocycles. The minimum atomic E-state index is 0. The van der Waals surface area contributed by atoms with Crippen molar-refractivity contribution in [1.82, 2.24) is 10.6 Å². The van der Waals surface area contributed by atoms with Gasteiger partial charge in [-0.05, 0) is 51.8 Å². The summed E-state index contributed by atoms with van der Waals surface area (Å²) >= 11 is 0. The summed E-state index contributed by atoms with van der Waals surface area (Å²) in [7, 11) is 0. The van der Waals surface area contributed by atoms with E-state index in [1.165, 1.54) is 5.56 Å². The summed E-state index contributed by atoms with van der Waals surface area (Å²) in [6.07, 6.45) is 2.19. The second kappa shape index (κ2) is 6.92. The number of carbonyl (C=O) groups is 1. The number of aryl methyl sites for hydroxylation is 2. The lowest BCUT2D eigenvalue weighted by Crippen LogP contribution is -2.52. The molecule has 19 heavy (non-hydrogen) atoms. The Balaban J connectivity index is 0.00000180. The van der Waals surface area contributed by atoms with Crippen molar-refractivity contribution in [2.24, 2.45) is 0 Å². The van der Waals surface area contributed by atoms with Crippen LogP contribution in [-0.4, -0.2) is 24.5 Å². The first-order chi connectivity index (χ1) is 8.58. The van der Waals surface area contributed by atoms with E-state index in [1.54, 1.807) is 0 Å². The summed E-state index contributed by atoms with van der Waals surface area (Å²) in [6, 6.07) is 6.56. The van der Waals surface area contributed by atoms with Gasteiger partial charge >= 0.3 is 0 Å². The van der Waals surface area contributed by atoms with Crippen LogP contribution in [0.3, 0.4) is 0 Å². The monoisotopic (exact) mass is 282 g/mol. The quantitative estimate of drug-likeness (QED) is 0.875. The van der Waals surface area contributed by atoms with Crippen LogP contribution in [0.5, 0.6) is 0 Å². The van der Waals surface area contributed by atoms with Crippen LogP contribution in [0.15, 0.2) is 18.2 Å². The van der Waals surface area contributed by atoms with Crippen molar-refractivity contribution in [2.75, 3.05) is 6.54 Å². The number of nitrogens with one attached hydrogen (secondary N) is 2. The molecule has 2 rings (SSSR count). The Labute approximate surface area is 121 Å². The molecule has 1 amide bonds. The van der Waals surface area contributed by atoms with Gasteiger partial charge in [-0.15, -0.1) is 12.4 Å². The maximum absolute atomic E-state index is 12.3. The van der Waals surface area contributed by atoms with E-state index in [2.05, 4.69) is 23.6 Å². The third kappa shape index (κ3) is 3.95. The van der Waals surface area contributed by atoms with Crippen molar-refractivity contribution < 1.29 is 4.79 Å². The molecule has 0 aromatic heterocycles. The highest BCUT2D eigenvalue weighted by Gasteiger charge is 2.23. The van der Waals surface area contributed by atoms with Crippen molar-refractivity contribution in [2.45, 2.75) is 45.7 Å². The largest absolute Gasteiger partial charge is 0.348 e. The highest BCUT2D eigenvalue weighted by molar-refractivity contribution is 5.95. The van der Waals surface area contributed by atoms with Gasteiger partial charge in [0.2, 0.25) is 0 Å². The fourth-order valence-electron chi connectivity index (χ4n) is 2.56. The molecule has 0 radical (unpaired) electrons. The van der Waals surface area contributed by atoms with Crippen molar-refractivity contribution >= 4 is 18.3 Å². The van der Waals surface area contributed by atoms with Crippen LogP contribution in [0.25, 0.3) is 0 Å². The van der Waals surface area contributed by atoms with Crippen molar-refractivity contribution in [3.05, 3.63) is 34.9 Å². The lowest BCUT2D eigenvalue weighted by molar-refractivity contribution is 0.0919. The number of piperidine rings is 1. The molecule has 2 N–H and O–H groups in total. The van der Waals surface area contributed by atoms with E-state index in [-0.39, 0.29) is 24.4 Å². The minimum Gasteiger partial charge on any atom is -0.348 e. The molecule has 1 aromatic rings. The van der Waals surface area contributed by atoms with E-state index in [9.17, 15) is 4.79 Å². The van der Waals surface area contributed by atoms with E-state index < -0.39 is 0 Å². The first-order valence-corrected chi connectivity index (χ1v) is 6.69. The lowest BCUT2D eigenvalue weighted by atomic mass is 9.98. The third-order valence-electron chi connectivity index (χ3n) is 3.70. The Morgan fingerprint density at radius 2 is 2.11 bits per heavy atom. The molecule has 0 aliphatic carbocycles. The fourth-order valence-corrected chi connectivity index (χ4v) is 2.56. The van der Waals surface area contributed by atoms with E-state index in [4.69, 9.17) is 0 Å². The zero-order chi connectivity index (χ0) is 13.1. The molecule has 0 saturated carbocycles. The van der Waals surface area contributed by atoms with Crippen LogP contribution in [-0.2, 0) is 0 Å². The molecule has 106 valence electrons. The summed E-state index contributed by atoms with van der Waals surface area (Å²) < 4.78 is 0. The molecule has 4 heteroatoms. The molecule has 0 spiro atoms. The normalized spacial score (nSPS) is 22.5. The molecule has 1 heterocycles. The average Bonchev–Trinajstić information content (AvgIpc) is 2.32. The van der Waals surface area contributed by atoms with Crippen molar-refractivity contribution in [1.29, 1.82) is 0 Å².